The summed E-state index contributed by atoms with van der Waals surface area (Å²) in [5.74, 6) is 0.635. The molecule has 0 saturated heterocycles. The topological polar surface area (TPSA) is 49.7 Å². The van der Waals surface area contributed by atoms with E-state index in [4.69, 9.17) is 11.6 Å². The quantitative estimate of drug-likeness (QED) is 0.428. The number of halogens is 1. The monoisotopic (exact) mass is 442 g/mol. The molecule has 1 heterocycles. The van der Waals surface area contributed by atoms with Crippen molar-refractivity contribution in [3.8, 4) is 0 Å². The zero-order chi connectivity index (χ0) is 22.5. The van der Waals surface area contributed by atoms with Gasteiger partial charge in [-0.05, 0) is 60.4 Å². The molecule has 5 heteroatoms. The molecule has 32 heavy (non-hydrogen) atoms. The normalized spacial score (nSPS) is 14.7. The molecule has 0 fully saturated rings. The van der Waals surface area contributed by atoms with Crippen LogP contribution in [-0.2, 0) is 22.4 Å². The second-order valence-electron chi connectivity index (χ2n) is 7.75. The van der Waals surface area contributed by atoms with Gasteiger partial charge in [-0.1, -0.05) is 66.2 Å². The summed E-state index contributed by atoms with van der Waals surface area (Å²) < 4.78 is 0. The minimum absolute atomic E-state index is 0.177. The molecule has 0 radical (unpaired) electrons. The van der Waals surface area contributed by atoms with E-state index in [1.165, 1.54) is 5.56 Å². The number of amides is 1. The summed E-state index contributed by atoms with van der Waals surface area (Å²) in [5, 5.41) is 0.643. The molecule has 0 bridgehead atoms. The summed E-state index contributed by atoms with van der Waals surface area (Å²) >= 11 is 5.93. The van der Waals surface area contributed by atoms with Crippen molar-refractivity contribution in [1.29, 1.82) is 0 Å². The summed E-state index contributed by atoms with van der Waals surface area (Å²) in [6, 6.07) is 24.8. The van der Waals surface area contributed by atoms with Gasteiger partial charge in [-0.25, -0.2) is 4.99 Å². The van der Waals surface area contributed by atoms with Gasteiger partial charge in [0.15, 0.2) is 0 Å². The second-order valence-corrected chi connectivity index (χ2v) is 8.18. The second kappa shape index (κ2) is 9.75. The summed E-state index contributed by atoms with van der Waals surface area (Å²) in [6.45, 7) is 1.81. The third kappa shape index (κ3) is 5.21. The molecule has 0 saturated carbocycles. The molecular formula is C27H23ClN2O2. The minimum atomic E-state index is -0.177. The van der Waals surface area contributed by atoms with Crippen molar-refractivity contribution in [1.82, 2.24) is 0 Å². The lowest BCUT2D eigenvalue weighted by molar-refractivity contribution is -0.118. The molecule has 0 atom stereocenters. The van der Waals surface area contributed by atoms with Crippen molar-refractivity contribution in [2.24, 2.45) is 4.99 Å². The summed E-state index contributed by atoms with van der Waals surface area (Å²) in [5.41, 5.74) is 4.08. The first kappa shape index (κ1) is 21.7. The number of carbonyl (C=O) groups is 2. The van der Waals surface area contributed by atoms with Gasteiger partial charge in [0.05, 0.1) is 5.69 Å². The summed E-state index contributed by atoms with van der Waals surface area (Å²) in [6.07, 6.45) is 3.40. The van der Waals surface area contributed by atoms with Gasteiger partial charge in [-0.2, -0.15) is 0 Å². The number of amidine groups is 1. The largest absolute Gasteiger partial charge is 0.299 e. The Morgan fingerprint density at radius 1 is 0.938 bits per heavy atom. The maximum Gasteiger partial charge on any atom is 0.282 e. The molecule has 0 spiro atoms. The zero-order valence-electron chi connectivity index (χ0n) is 17.8. The predicted molar refractivity (Wildman–Crippen MR) is 130 cm³/mol. The molecule has 0 aliphatic carbocycles. The Hall–Kier alpha value is -3.50. The van der Waals surface area contributed by atoms with Crippen molar-refractivity contribution < 1.29 is 9.59 Å². The lowest BCUT2D eigenvalue weighted by atomic mass is 10.0. The van der Waals surface area contributed by atoms with Crippen molar-refractivity contribution >= 4 is 40.9 Å². The minimum Gasteiger partial charge on any atom is -0.299 e. The molecule has 1 aliphatic heterocycles. The smallest absolute Gasteiger partial charge is 0.282 e. The van der Waals surface area contributed by atoms with Gasteiger partial charge in [0.25, 0.3) is 5.91 Å². The molecule has 1 aliphatic rings. The Labute approximate surface area is 192 Å². The van der Waals surface area contributed by atoms with Crippen molar-refractivity contribution in [3.05, 3.63) is 106 Å². The van der Waals surface area contributed by atoms with Gasteiger partial charge in [0.2, 0.25) is 0 Å². The van der Waals surface area contributed by atoms with E-state index >= 15 is 0 Å². The number of aliphatic imine (C=N–C) groups is 1. The van der Waals surface area contributed by atoms with E-state index in [1.54, 1.807) is 23.1 Å². The van der Waals surface area contributed by atoms with Crippen LogP contribution >= 0.6 is 11.6 Å². The van der Waals surface area contributed by atoms with Gasteiger partial charge < -0.3 is 0 Å². The van der Waals surface area contributed by atoms with Crippen molar-refractivity contribution in [3.63, 3.8) is 0 Å². The van der Waals surface area contributed by atoms with Crippen molar-refractivity contribution in [2.45, 2.75) is 26.2 Å². The van der Waals surface area contributed by atoms with Gasteiger partial charge in [0.1, 0.15) is 17.3 Å². The first-order valence-electron chi connectivity index (χ1n) is 10.5. The molecule has 160 valence electrons. The molecule has 3 aromatic carbocycles. The molecule has 0 aromatic heterocycles. The number of hydrogen-bond donors (Lipinski definition) is 0. The van der Waals surface area contributed by atoms with E-state index in [0.717, 1.165) is 23.2 Å². The van der Waals surface area contributed by atoms with Crippen LogP contribution in [0, 0.1) is 0 Å². The van der Waals surface area contributed by atoms with Crippen LogP contribution in [0.4, 0.5) is 5.69 Å². The first-order chi connectivity index (χ1) is 15.5. The molecule has 0 N–H and O–H groups in total. The molecule has 0 unspecified atom stereocenters. The van der Waals surface area contributed by atoms with Crippen LogP contribution in [-0.4, -0.2) is 17.5 Å². The number of carbonyl (C=O) groups excluding carboxylic acids is 2. The van der Waals surface area contributed by atoms with E-state index in [9.17, 15) is 9.59 Å². The molecule has 3 aromatic rings. The lowest BCUT2D eigenvalue weighted by Crippen LogP contribution is -2.30. The molecule has 1 amide bonds. The highest BCUT2D eigenvalue weighted by Gasteiger charge is 2.28. The van der Waals surface area contributed by atoms with E-state index < -0.39 is 0 Å². The zero-order valence-corrected chi connectivity index (χ0v) is 18.5. The van der Waals surface area contributed by atoms with Crippen LogP contribution < -0.4 is 4.90 Å². The Morgan fingerprint density at radius 3 is 2.31 bits per heavy atom. The van der Waals surface area contributed by atoms with Crippen LogP contribution in [0.3, 0.4) is 0 Å². The number of Topliss-reactive ketones (excluding diaryl/α,β-unsaturated/α-hetero) is 1. The maximum absolute atomic E-state index is 12.9. The molecule has 4 nitrogen and oxygen atoms in total. The molecular weight excluding hydrogens is 420 g/mol. The van der Waals surface area contributed by atoms with Gasteiger partial charge >= 0.3 is 0 Å². The van der Waals surface area contributed by atoms with Crippen LogP contribution in [0.15, 0.2) is 89.6 Å². The summed E-state index contributed by atoms with van der Waals surface area (Å²) in [7, 11) is 0. The van der Waals surface area contributed by atoms with Crippen molar-refractivity contribution in [2.75, 3.05) is 4.90 Å². The van der Waals surface area contributed by atoms with Crippen LogP contribution in [0.1, 0.15) is 30.0 Å². The average molecular weight is 443 g/mol. The maximum atomic E-state index is 12.9. The number of anilines is 1. The highest BCUT2D eigenvalue weighted by Crippen LogP contribution is 2.26. The van der Waals surface area contributed by atoms with Crippen LogP contribution in [0.2, 0.25) is 5.02 Å². The van der Waals surface area contributed by atoms with E-state index in [0.29, 0.717) is 29.4 Å². The number of aryl methyl sites for hydroxylation is 1. The van der Waals surface area contributed by atoms with Gasteiger partial charge in [-0.3, -0.25) is 14.5 Å². The third-order valence-corrected chi connectivity index (χ3v) is 5.58. The first-order valence-corrected chi connectivity index (χ1v) is 10.9. The third-order valence-electron chi connectivity index (χ3n) is 5.33. The fourth-order valence-electron chi connectivity index (χ4n) is 3.66. The number of ketones is 1. The van der Waals surface area contributed by atoms with E-state index in [1.807, 2.05) is 73.7 Å². The van der Waals surface area contributed by atoms with E-state index in [2.05, 4.69) is 4.99 Å². The van der Waals surface area contributed by atoms with Crippen LogP contribution in [0.5, 0.6) is 0 Å². The Kier molecular flexibility index (Phi) is 6.62. The number of hydrogen-bond acceptors (Lipinski definition) is 3. The number of rotatable bonds is 7. The highest BCUT2D eigenvalue weighted by molar-refractivity contribution is 6.30. The number of benzene rings is 3. The predicted octanol–water partition coefficient (Wildman–Crippen LogP) is 5.89. The SMILES string of the molecule is CC1=N/C(=C\c2ccc(Cl)cc2)C(=O)N1c1ccc(CC(=O)CCc2ccccc2)cc1. The van der Waals surface area contributed by atoms with Gasteiger partial charge in [-0.15, -0.1) is 0 Å². The fraction of sp³-hybridized carbons (Fsp3) is 0.148. The molecule has 4 rings (SSSR count). The number of nitrogens with zero attached hydrogens (tertiary/aromatic N) is 2. The Balaban J connectivity index is 1.40. The standard InChI is InChI=1S/C27H23ClN2O2/c1-19-29-26(18-22-7-12-23(28)13-8-22)27(32)30(19)24-14-9-21(10-15-24)17-25(31)16-11-20-5-3-2-4-6-20/h2-10,12-15,18H,11,16-17H2,1H3/b26-18-. The van der Waals surface area contributed by atoms with Gasteiger partial charge in [0, 0.05) is 17.9 Å². The Bertz CT molecular complexity index is 1180. The highest BCUT2D eigenvalue weighted by atomic mass is 35.5. The summed E-state index contributed by atoms with van der Waals surface area (Å²) in [4.78, 5) is 31.3. The average Bonchev–Trinajstić information content (AvgIpc) is 3.08. The van der Waals surface area contributed by atoms with Crippen LogP contribution in [0.25, 0.3) is 6.08 Å². The lowest BCUT2D eigenvalue weighted by Gasteiger charge is -2.16. The van der Waals surface area contributed by atoms with E-state index in [-0.39, 0.29) is 11.7 Å². The fourth-order valence-corrected chi connectivity index (χ4v) is 3.78. The Morgan fingerprint density at radius 2 is 1.62 bits per heavy atom.